The Hall–Kier alpha value is -2.35. The van der Waals surface area contributed by atoms with Gasteiger partial charge in [0.1, 0.15) is 0 Å². The maximum Gasteiger partial charge on any atom is 0.340 e. The first-order chi connectivity index (χ1) is 13.3. The second-order valence-electron chi connectivity index (χ2n) is 6.83. The molecule has 8 heteroatoms. The van der Waals surface area contributed by atoms with Crippen molar-refractivity contribution in [3.8, 4) is 0 Å². The van der Waals surface area contributed by atoms with Crippen LogP contribution < -0.4 is 5.32 Å². The molecule has 0 unspecified atom stereocenters. The van der Waals surface area contributed by atoms with Crippen molar-refractivity contribution in [3.05, 3.63) is 47.3 Å². The van der Waals surface area contributed by atoms with Crippen LogP contribution in [0, 0.1) is 13.8 Å². The van der Waals surface area contributed by atoms with E-state index in [1.54, 1.807) is 6.07 Å². The third kappa shape index (κ3) is 4.73. The molecule has 1 atom stereocenters. The van der Waals surface area contributed by atoms with Crippen molar-refractivity contribution < 1.29 is 23.1 Å². The lowest BCUT2D eigenvalue weighted by Gasteiger charge is -2.14. The minimum Gasteiger partial charge on any atom is -0.449 e. The van der Waals surface area contributed by atoms with Crippen LogP contribution in [-0.4, -0.2) is 28.3 Å². The number of benzene rings is 1. The van der Waals surface area contributed by atoms with Gasteiger partial charge in [-0.25, -0.2) is 4.79 Å². The molecule has 0 bridgehead atoms. The normalized spacial score (nSPS) is 14.8. The summed E-state index contributed by atoms with van der Waals surface area (Å²) in [5.74, 6) is -3.52. The Balaban J connectivity index is 1.59. The molecule has 5 nitrogen and oxygen atoms in total. The van der Waals surface area contributed by atoms with Crippen molar-refractivity contribution in [1.82, 2.24) is 4.57 Å². The molecule has 1 aromatic carbocycles. The van der Waals surface area contributed by atoms with Crippen LogP contribution in [0.15, 0.2) is 35.2 Å². The largest absolute Gasteiger partial charge is 0.449 e. The zero-order valence-electron chi connectivity index (χ0n) is 15.9. The first-order valence-corrected chi connectivity index (χ1v) is 9.89. The summed E-state index contributed by atoms with van der Waals surface area (Å²) in [4.78, 5) is 25.2. The van der Waals surface area contributed by atoms with E-state index in [1.165, 1.54) is 31.2 Å². The van der Waals surface area contributed by atoms with Crippen molar-refractivity contribution in [2.24, 2.45) is 0 Å². The average molecular weight is 408 g/mol. The van der Waals surface area contributed by atoms with Crippen LogP contribution in [0.25, 0.3) is 0 Å². The van der Waals surface area contributed by atoms with E-state index < -0.39 is 23.7 Å². The minimum absolute atomic E-state index is 0.401. The molecule has 2 aromatic rings. The molecular weight excluding hydrogens is 386 g/mol. The number of esters is 1. The van der Waals surface area contributed by atoms with Crippen molar-refractivity contribution in [3.63, 3.8) is 0 Å². The molecule has 28 heavy (non-hydrogen) atoms. The maximum atomic E-state index is 12.5. The molecule has 150 valence electrons. The third-order valence-corrected chi connectivity index (χ3v) is 5.34. The Kier molecular flexibility index (Phi) is 6.07. The van der Waals surface area contributed by atoms with E-state index >= 15 is 0 Å². The molecule has 1 aromatic heterocycles. The summed E-state index contributed by atoms with van der Waals surface area (Å²) in [5, 5.41) is 2.62. The topological polar surface area (TPSA) is 60.3 Å². The fraction of sp³-hybridized carbons (Fsp3) is 0.400. The summed E-state index contributed by atoms with van der Waals surface area (Å²) in [6.45, 7) is 5.33. The highest BCUT2D eigenvalue weighted by Crippen LogP contribution is 2.38. The smallest absolute Gasteiger partial charge is 0.340 e. The molecule has 0 aliphatic heterocycles. The van der Waals surface area contributed by atoms with Crippen molar-refractivity contribution in [1.29, 1.82) is 0 Å². The molecule has 0 saturated heterocycles. The summed E-state index contributed by atoms with van der Waals surface area (Å²) in [6, 6.07) is 8.29. The van der Waals surface area contributed by atoms with Gasteiger partial charge in [-0.05, 0) is 63.9 Å². The van der Waals surface area contributed by atoms with Crippen molar-refractivity contribution in [2.45, 2.75) is 56.4 Å². The van der Waals surface area contributed by atoms with Crippen molar-refractivity contribution in [2.75, 3.05) is 5.32 Å². The van der Waals surface area contributed by atoms with Crippen molar-refractivity contribution >= 4 is 29.3 Å². The van der Waals surface area contributed by atoms with Gasteiger partial charge in [0.2, 0.25) is 0 Å². The summed E-state index contributed by atoms with van der Waals surface area (Å²) in [6.07, 6.45) is 1.22. The molecule has 1 N–H and O–H groups in total. The van der Waals surface area contributed by atoms with E-state index in [0.717, 1.165) is 24.2 Å². The van der Waals surface area contributed by atoms with Gasteiger partial charge >= 0.3 is 5.97 Å². The molecule has 1 amide bonds. The number of hydrogen-bond donors (Lipinski definition) is 1. The van der Waals surface area contributed by atoms with E-state index in [-0.39, 0.29) is 0 Å². The van der Waals surface area contributed by atoms with Crippen LogP contribution in [-0.2, 0) is 9.53 Å². The maximum absolute atomic E-state index is 12.5. The second kappa shape index (κ2) is 8.34. The fourth-order valence-electron chi connectivity index (χ4n) is 3.12. The Morgan fingerprint density at radius 1 is 1.21 bits per heavy atom. The Bertz CT molecular complexity index is 876. The number of amides is 1. The number of anilines is 1. The summed E-state index contributed by atoms with van der Waals surface area (Å²) in [5.41, 5.74) is 2.77. The molecule has 1 heterocycles. The van der Waals surface area contributed by atoms with E-state index in [1.807, 2.05) is 13.8 Å². The number of thioether (sulfide) groups is 1. The average Bonchev–Trinajstić information content (AvgIpc) is 3.41. The highest BCUT2D eigenvalue weighted by atomic mass is 32.2. The molecular formula is C20H22F2N2O3S. The van der Waals surface area contributed by atoms with E-state index in [2.05, 4.69) is 9.88 Å². The monoisotopic (exact) mass is 408 g/mol. The minimum atomic E-state index is -2.50. The highest BCUT2D eigenvalue weighted by Gasteiger charge is 2.29. The van der Waals surface area contributed by atoms with Gasteiger partial charge in [-0.2, -0.15) is 8.78 Å². The van der Waals surface area contributed by atoms with Crippen LogP contribution in [0.1, 0.15) is 47.6 Å². The van der Waals surface area contributed by atoms with Gasteiger partial charge in [0.05, 0.1) is 5.56 Å². The van der Waals surface area contributed by atoms with Gasteiger partial charge in [-0.15, -0.1) is 0 Å². The molecule has 0 spiro atoms. The standard InChI is InChI=1S/C20H22F2N2O3S/c1-11-10-17(12(2)24(11)15-6-7-15)19(26)27-13(3)18(25)23-14-4-8-16(9-5-14)28-20(21)22/h4-5,8-10,13,15,20H,6-7H2,1-3H3,(H,23,25)/t13-/m1/s1. The number of nitrogens with one attached hydrogen (secondary N) is 1. The van der Waals surface area contributed by atoms with Crippen LogP contribution in [0.2, 0.25) is 0 Å². The van der Waals surface area contributed by atoms with Gasteiger partial charge in [-0.1, -0.05) is 11.8 Å². The van der Waals surface area contributed by atoms with Gasteiger partial charge < -0.3 is 14.6 Å². The lowest BCUT2D eigenvalue weighted by molar-refractivity contribution is -0.123. The molecule has 3 rings (SSSR count). The first kappa shape index (κ1) is 20.4. The number of ether oxygens (including phenoxy) is 1. The predicted octanol–water partition coefficient (Wildman–Crippen LogP) is 4.94. The third-order valence-electron chi connectivity index (χ3n) is 4.62. The lowest BCUT2D eigenvalue weighted by atomic mass is 10.2. The van der Waals surface area contributed by atoms with Crippen LogP contribution in [0.4, 0.5) is 14.5 Å². The number of nitrogens with zero attached hydrogens (tertiary/aromatic N) is 1. The number of aromatic nitrogens is 1. The highest BCUT2D eigenvalue weighted by molar-refractivity contribution is 7.99. The van der Waals surface area contributed by atoms with Gasteiger partial charge in [-0.3, -0.25) is 4.79 Å². The Morgan fingerprint density at radius 2 is 1.86 bits per heavy atom. The number of hydrogen-bond acceptors (Lipinski definition) is 4. The zero-order chi connectivity index (χ0) is 20.4. The number of alkyl halides is 2. The Labute approximate surface area is 166 Å². The molecule has 1 saturated carbocycles. The summed E-state index contributed by atoms with van der Waals surface area (Å²) < 4.78 is 32.2. The van der Waals surface area contributed by atoms with E-state index in [9.17, 15) is 18.4 Å². The fourth-order valence-corrected chi connectivity index (χ4v) is 3.62. The first-order valence-electron chi connectivity index (χ1n) is 9.01. The summed E-state index contributed by atoms with van der Waals surface area (Å²) in [7, 11) is 0. The number of halogens is 2. The number of rotatable bonds is 7. The van der Waals surface area contributed by atoms with Gasteiger partial charge in [0.15, 0.2) is 6.10 Å². The van der Waals surface area contributed by atoms with Gasteiger partial charge in [0.25, 0.3) is 11.7 Å². The van der Waals surface area contributed by atoms with Gasteiger partial charge in [0, 0.05) is 28.0 Å². The number of carbonyl (C=O) groups is 2. The van der Waals surface area contributed by atoms with E-state index in [4.69, 9.17) is 4.74 Å². The molecule has 1 aliphatic rings. The second-order valence-corrected chi connectivity index (χ2v) is 7.89. The number of carbonyl (C=O) groups excluding carboxylic acids is 2. The number of aryl methyl sites for hydroxylation is 1. The van der Waals surface area contributed by atoms with E-state index in [0.29, 0.717) is 34.0 Å². The lowest BCUT2D eigenvalue weighted by Crippen LogP contribution is -2.30. The molecule has 1 fully saturated rings. The SMILES string of the molecule is Cc1cc(C(=O)O[C@H](C)C(=O)Nc2ccc(SC(F)F)cc2)c(C)n1C1CC1. The predicted molar refractivity (Wildman–Crippen MR) is 104 cm³/mol. The van der Waals surface area contributed by atoms with Crippen LogP contribution >= 0.6 is 11.8 Å². The molecule has 1 aliphatic carbocycles. The van der Waals surface area contributed by atoms with Crippen LogP contribution in [0.5, 0.6) is 0 Å². The van der Waals surface area contributed by atoms with Crippen LogP contribution in [0.3, 0.4) is 0 Å². The Morgan fingerprint density at radius 3 is 2.43 bits per heavy atom. The summed E-state index contributed by atoms with van der Waals surface area (Å²) >= 11 is 0.432. The zero-order valence-corrected chi connectivity index (χ0v) is 16.7. The molecule has 0 radical (unpaired) electrons. The quantitative estimate of drug-likeness (QED) is 0.521.